The van der Waals surface area contributed by atoms with Crippen LogP contribution in [-0.4, -0.2) is 187 Å². The Morgan fingerprint density at radius 2 is 0.727 bits per heavy atom. The minimum absolute atomic E-state index is 0.0332. The number of fused-ring (bicyclic) bond motifs is 3. The Balaban J connectivity index is 0.000000338. The molecule has 0 radical (unpaired) electrons. The summed E-state index contributed by atoms with van der Waals surface area (Å²) in [5.74, 6) is 1.56. The first-order valence-corrected chi connectivity index (χ1v) is 76.5. The SMILES string of the molecule is C=CCO[C@H]1OC(CC)[C@@H](C)[C@H](C)C1O.C=CCO[C@H]1OC(CC)[C@@H](C)[C@H](C)C1O[C@@H]1OC2COC(c3ccccc3)O[C@H]2[C@H](C)C1C.C[C@@H]1OC2COC(c3ccccc3)O[C@H]2[C@H](C)C1NC(=O)OCC(Cl)(Cl)Cl.C[C@@H]1OC2COC(c3ccccc3)O[C@H]2[C@H](O)C1NC(=O)OCC(Cl)(Cl)Cl.S=S=S=S=S=S.S=S=S=S=S=S=S.S=S=S=S=S=S=S=S.S=S=S=S=S=S=S=S=S. The van der Waals surface area contributed by atoms with Gasteiger partial charge in [0.1, 0.15) is 55.9 Å². The molecule has 11 rings (SSSR count). The standard InChI is InChI=1S/C27H40O6.C18H22Cl3NO5.C17H20Cl3NO6.C12H22O3.S9.S8.S7.S6/c1-7-14-28-27-24(17(4)16(3)21(8-2)30-27)33-25-19(6)18(5)23-22(31-25)15-29-26(32-23)20-12-10-9-11-13-20;1-10-14(22-17(23)25-9-18(19,20)21)11(2)26-13-8-24-16(27-15(10)13)12-6-4-3-5-7-12;1-9-12(21-16(23)25-8-17(18,19)20)13(22)14-11(26-9)7-24-15(27-14)10-5-3-2-4-6-10;1-5-7-14-12-11(13)9(4)8(3)10(6-2)15-12;1-3-5-7-9-8-6-4-2;1-3-5-7-8-6-4-2;1-3-5-7-6-4-2;1-3-5-6-4-2/h7,9-13,16-19,21-27H,1,8,14-15H2,2-6H3;3-7,10-11,13-16H,8-9H2,1-2H3,(H,22,23);2-6,9,11-15,22H,7-8H2,1H3,(H,21,23);5,8-13H,1,6-7H2,2-4H3;;;;/t16-,17-,18+,19?,21?,22?,23-,24?,25-,26?,27-;10-,11+,13?,14?,15+,16?;9-,11?,12?,13+,14+,15?;8-,9-,10?,11?,12-;;;;/m0100..../s1. The number of nitrogens with one attached hydrogen (secondary N) is 2. The van der Waals surface area contributed by atoms with Crippen molar-refractivity contribution in [3.05, 3.63) is 133 Å². The van der Waals surface area contributed by atoms with E-state index >= 15 is 0 Å². The monoisotopic (exact) mass is 2510 g/mol. The maximum Gasteiger partial charge on any atom is 0.407 e. The first kappa shape index (κ1) is 128. The molecule has 132 heavy (non-hydrogen) atoms. The molecule has 4 N–H and O–H groups in total. The zero-order chi connectivity index (χ0) is 97.7. The number of amides is 2. The summed E-state index contributed by atoms with van der Waals surface area (Å²) in [5.41, 5.74) is 2.80. The second-order valence-corrected chi connectivity index (χ2v) is 72.7. The third kappa shape index (κ3) is 48.1. The van der Waals surface area contributed by atoms with E-state index in [1.807, 2.05) is 112 Å². The number of aliphatic hydroxyl groups excluding tert-OH is 2. The van der Waals surface area contributed by atoms with Gasteiger partial charge >= 0.3 is 12.2 Å². The van der Waals surface area contributed by atoms with Gasteiger partial charge < -0.3 is 96.6 Å². The lowest BCUT2D eigenvalue weighted by atomic mass is 9.81. The highest BCUT2D eigenvalue weighted by atomic mass is 35.6. The van der Waals surface area contributed by atoms with Gasteiger partial charge in [-0.3, -0.25) is 0 Å². The van der Waals surface area contributed by atoms with Crippen LogP contribution in [0.4, 0.5) is 9.59 Å². The van der Waals surface area contributed by atoms with Crippen LogP contribution in [0, 0.1) is 41.4 Å². The molecule has 8 heterocycles. The van der Waals surface area contributed by atoms with Gasteiger partial charge in [-0.1, -0.05) is 235 Å². The van der Waals surface area contributed by atoms with E-state index in [2.05, 4.69) is 162 Å². The lowest BCUT2D eigenvalue weighted by molar-refractivity contribution is -0.370. The summed E-state index contributed by atoms with van der Waals surface area (Å²) in [7, 11) is 33.0. The van der Waals surface area contributed by atoms with Crippen LogP contribution in [0.3, 0.4) is 0 Å². The first-order valence-electron chi connectivity index (χ1n) is 39.6. The van der Waals surface area contributed by atoms with Crippen LogP contribution in [0.15, 0.2) is 116 Å². The Hall–Kier alpha value is 3.38. The molecule has 28 atom stereocenters. The number of hydrogen-bond acceptors (Lipinski definition) is 28. The quantitative estimate of drug-likeness (QED) is 0.0724. The van der Waals surface area contributed by atoms with E-state index in [1.165, 1.54) is 88.8 Å². The zero-order valence-electron chi connectivity index (χ0n) is 72.0. The van der Waals surface area contributed by atoms with Crippen molar-refractivity contribution in [1.82, 2.24) is 10.6 Å². The van der Waals surface area contributed by atoms with Gasteiger partial charge in [0.05, 0.1) is 81.7 Å². The summed E-state index contributed by atoms with van der Waals surface area (Å²) in [6, 6.07) is 28.1. The van der Waals surface area contributed by atoms with E-state index in [4.69, 9.17) is 145 Å². The van der Waals surface area contributed by atoms with Gasteiger partial charge in [-0.25, -0.2) is 9.59 Å². The van der Waals surface area contributed by atoms with Crippen molar-refractivity contribution in [3.8, 4) is 0 Å². The topological polar surface area (TPSA) is 246 Å². The summed E-state index contributed by atoms with van der Waals surface area (Å²) >= 11 is 70.2. The predicted molar refractivity (Wildman–Crippen MR) is 607 cm³/mol. The van der Waals surface area contributed by atoms with Gasteiger partial charge in [0, 0.05) is 313 Å². The van der Waals surface area contributed by atoms with Crippen molar-refractivity contribution < 1.29 is 95.6 Å². The normalized spacial score (nSPS) is 30.9. The number of alkyl halides is 6. The first-order chi connectivity index (χ1) is 63.2. The average Bonchev–Trinajstić information content (AvgIpc) is 0.779. The highest BCUT2D eigenvalue weighted by Crippen LogP contribution is 2.44. The fourth-order valence-corrected chi connectivity index (χ4v) is 52.8. The van der Waals surface area contributed by atoms with E-state index < -0.39 is 88.1 Å². The Morgan fingerprint density at radius 1 is 0.402 bits per heavy atom. The van der Waals surface area contributed by atoms with Gasteiger partial charge in [0.2, 0.25) is 7.59 Å². The molecule has 8 saturated heterocycles. The van der Waals surface area contributed by atoms with Crippen molar-refractivity contribution in [3.63, 3.8) is 0 Å². The molecule has 0 aromatic heterocycles. The molecule has 2 amide bonds. The Labute approximate surface area is 906 Å². The van der Waals surface area contributed by atoms with Crippen molar-refractivity contribution in [1.29, 1.82) is 0 Å². The molecule has 8 aliphatic heterocycles. The molecule has 8 fully saturated rings. The number of alkyl carbamates (subject to hydrolysis) is 2. The highest BCUT2D eigenvalue weighted by molar-refractivity contribution is 8.72. The van der Waals surface area contributed by atoms with E-state index in [0.717, 1.165) is 29.5 Å². The number of benzene rings is 3. The van der Waals surface area contributed by atoms with Crippen LogP contribution >= 0.6 is 69.6 Å². The molecule has 0 spiro atoms. The third-order valence-corrected chi connectivity index (χ3v) is 61.4. The Kier molecular flexibility index (Phi) is 71.1. The van der Waals surface area contributed by atoms with Crippen molar-refractivity contribution >= 4 is 367 Å². The molecule has 0 saturated carbocycles. The molecule has 58 heteroatoms. The third-order valence-electron chi connectivity index (χ3n) is 20.8. The van der Waals surface area contributed by atoms with Crippen LogP contribution in [-0.2, 0) is 361 Å². The molecule has 8 aliphatic rings. The van der Waals surface area contributed by atoms with Gasteiger partial charge in [0.15, 0.2) is 37.7 Å². The number of aliphatic hydroxyl groups is 2. The zero-order valence-corrected chi connectivity index (χ0v) is 101. The van der Waals surface area contributed by atoms with Crippen LogP contribution in [0.5, 0.6) is 0 Å². The average molecular weight is 2520 g/mol. The van der Waals surface area contributed by atoms with Crippen molar-refractivity contribution in [2.75, 3.05) is 46.2 Å². The van der Waals surface area contributed by atoms with E-state index in [1.54, 1.807) is 126 Å². The summed E-state index contributed by atoms with van der Waals surface area (Å²) < 4.78 is 90.8. The number of carbonyl (C=O) groups is 2. The smallest absolute Gasteiger partial charge is 0.407 e. The fourth-order valence-electron chi connectivity index (χ4n) is 14.1. The van der Waals surface area contributed by atoms with E-state index in [9.17, 15) is 19.8 Å². The molecule has 3 aromatic rings. The van der Waals surface area contributed by atoms with Gasteiger partial charge in [-0.15, -0.1) is 13.2 Å². The summed E-state index contributed by atoms with van der Waals surface area (Å²) in [5, 5.41) is 26.1. The second-order valence-electron chi connectivity index (χ2n) is 28.8. The number of halogens is 6. The molecule has 3 aromatic carbocycles. The Morgan fingerprint density at radius 3 is 1.11 bits per heavy atom. The summed E-state index contributed by atoms with van der Waals surface area (Å²) in [4.78, 5) is 24.0. The lowest BCUT2D eigenvalue weighted by Crippen LogP contribution is -2.65. The van der Waals surface area contributed by atoms with E-state index in [-0.39, 0.29) is 110 Å². The fraction of sp³-hybridized carbons (Fsp3) is 0.676. The maximum atomic E-state index is 12.1. The molecule has 0 aliphatic carbocycles. The van der Waals surface area contributed by atoms with Crippen LogP contribution in [0.2, 0.25) is 0 Å². The minimum atomic E-state index is -1.72. The summed E-state index contributed by atoms with van der Waals surface area (Å²) in [6.45, 7) is 31.5. The van der Waals surface area contributed by atoms with Crippen molar-refractivity contribution in [2.24, 2.45) is 41.4 Å². The molecule has 22 nitrogen and oxygen atoms in total. The molecule has 0 bridgehead atoms. The summed E-state index contributed by atoms with van der Waals surface area (Å²) in [6.07, 6.45) is -2.97. The predicted octanol–water partition coefficient (Wildman–Crippen LogP) is 13.7. The van der Waals surface area contributed by atoms with Gasteiger partial charge in [0.25, 0.3) is 0 Å². The number of rotatable bonds is 17. The maximum absolute atomic E-state index is 12.1. The molecular formula is C74H104Cl6N2O20S30. The number of hydrogen-bond donors (Lipinski definition) is 4. The van der Waals surface area contributed by atoms with Crippen LogP contribution in [0.25, 0.3) is 0 Å². The molecular weight excluding hydrogens is 2410 g/mol. The minimum Gasteiger partial charge on any atom is -0.445 e. The number of carbonyl (C=O) groups excluding carboxylic acids is 2. The highest BCUT2D eigenvalue weighted by Gasteiger charge is 2.53. The van der Waals surface area contributed by atoms with Crippen LogP contribution < -0.4 is 10.6 Å². The lowest BCUT2D eigenvalue weighted by Gasteiger charge is -2.50. The number of ether oxygens (including phenoxy) is 16. The van der Waals surface area contributed by atoms with Gasteiger partial charge in [-0.05, 0) is 56.3 Å². The Bertz CT molecular complexity index is 4860. The van der Waals surface area contributed by atoms with Crippen LogP contribution in [0.1, 0.15) is 125 Å². The van der Waals surface area contributed by atoms with Crippen molar-refractivity contribution in [2.45, 2.75) is 226 Å². The largest absolute Gasteiger partial charge is 0.445 e. The van der Waals surface area contributed by atoms with Gasteiger partial charge in [-0.2, -0.15) is 0 Å². The van der Waals surface area contributed by atoms with E-state index in [0.29, 0.717) is 38.3 Å². The molecule has 13 unspecified atom stereocenters. The molecule has 752 valence electrons. The second kappa shape index (κ2) is 73.5.